The Morgan fingerprint density at radius 2 is 2.00 bits per heavy atom. The van der Waals surface area contributed by atoms with E-state index in [1.54, 1.807) is 5.01 Å². The monoisotopic (exact) mass is 186 g/mol. The van der Waals surface area contributed by atoms with Gasteiger partial charge in [-0.25, -0.2) is 5.01 Å². The highest BCUT2D eigenvalue weighted by molar-refractivity contribution is 5.75. The number of nitroso groups, excluding NO2 is 1. The third-order valence-electron chi connectivity index (χ3n) is 2.05. The van der Waals surface area contributed by atoms with Crippen LogP contribution in [0.25, 0.3) is 0 Å². The van der Waals surface area contributed by atoms with Gasteiger partial charge in [0.25, 0.3) is 0 Å². The number of carbonyl (C=O) groups excluding carboxylic acids is 1. The second-order valence-corrected chi connectivity index (χ2v) is 3.09. The van der Waals surface area contributed by atoms with E-state index in [0.29, 0.717) is 0 Å². The second-order valence-electron chi connectivity index (χ2n) is 3.09. The fourth-order valence-corrected chi connectivity index (χ4v) is 1.43. The molecule has 1 fully saturated rings. The SMILES string of the molecule is NC(=O)CN(N=O)N1CCCCC1. The molecule has 13 heavy (non-hydrogen) atoms. The zero-order valence-electron chi connectivity index (χ0n) is 7.48. The van der Waals surface area contributed by atoms with E-state index >= 15 is 0 Å². The standard InChI is InChI=1S/C7H14N4O2/c8-7(12)6-11(9-13)10-4-2-1-3-5-10/h1-6H2,(H2,8,12). The van der Waals surface area contributed by atoms with Crippen LogP contribution in [0.1, 0.15) is 19.3 Å². The van der Waals surface area contributed by atoms with Gasteiger partial charge in [-0.3, -0.25) is 4.79 Å². The van der Waals surface area contributed by atoms with Crippen LogP contribution in [0.15, 0.2) is 5.29 Å². The van der Waals surface area contributed by atoms with Gasteiger partial charge in [0.15, 0.2) is 0 Å². The molecule has 0 atom stereocenters. The molecule has 0 aromatic carbocycles. The zero-order chi connectivity index (χ0) is 9.68. The van der Waals surface area contributed by atoms with E-state index in [4.69, 9.17) is 5.73 Å². The quantitative estimate of drug-likeness (QED) is 0.489. The van der Waals surface area contributed by atoms with Crippen molar-refractivity contribution in [3.05, 3.63) is 4.91 Å². The number of hydrazine groups is 1. The third-order valence-corrected chi connectivity index (χ3v) is 2.05. The van der Waals surface area contributed by atoms with Crippen LogP contribution in [0.2, 0.25) is 0 Å². The normalized spacial score (nSPS) is 18.2. The molecule has 6 heteroatoms. The van der Waals surface area contributed by atoms with E-state index in [9.17, 15) is 9.70 Å². The molecule has 0 saturated carbocycles. The number of primary amides is 1. The van der Waals surface area contributed by atoms with Gasteiger partial charge in [-0.05, 0) is 12.8 Å². The Hall–Kier alpha value is -1.17. The number of nitrogens with zero attached hydrogens (tertiary/aromatic N) is 3. The van der Waals surface area contributed by atoms with Gasteiger partial charge < -0.3 is 5.73 Å². The molecular weight excluding hydrogens is 172 g/mol. The molecule has 1 rings (SSSR count). The van der Waals surface area contributed by atoms with Crippen LogP contribution in [0, 0.1) is 4.91 Å². The van der Waals surface area contributed by atoms with Crippen LogP contribution < -0.4 is 5.73 Å². The summed E-state index contributed by atoms with van der Waals surface area (Å²) < 4.78 is 0. The summed E-state index contributed by atoms with van der Waals surface area (Å²) in [4.78, 5) is 20.9. The first-order valence-electron chi connectivity index (χ1n) is 4.38. The first-order chi connectivity index (χ1) is 6.24. The van der Waals surface area contributed by atoms with Crippen molar-refractivity contribution < 1.29 is 4.79 Å². The number of nitrogens with two attached hydrogens (primary N) is 1. The Bertz CT molecular complexity index is 191. The fourth-order valence-electron chi connectivity index (χ4n) is 1.43. The van der Waals surface area contributed by atoms with E-state index in [0.717, 1.165) is 31.0 Å². The summed E-state index contributed by atoms with van der Waals surface area (Å²) in [5.74, 6) is -0.537. The summed E-state index contributed by atoms with van der Waals surface area (Å²) in [5.41, 5.74) is 4.97. The molecular formula is C7H14N4O2. The highest BCUT2D eigenvalue weighted by atomic mass is 16.3. The van der Waals surface area contributed by atoms with Crippen LogP contribution in [-0.4, -0.2) is 35.7 Å². The highest BCUT2D eigenvalue weighted by Crippen LogP contribution is 2.11. The molecule has 0 bridgehead atoms. The third kappa shape index (κ3) is 2.98. The Labute approximate surface area is 76.6 Å². The van der Waals surface area contributed by atoms with Crippen molar-refractivity contribution in [3.8, 4) is 0 Å². The molecule has 1 amide bonds. The van der Waals surface area contributed by atoms with Crippen molar-refractivity contribution >= 4 is 5.91 Å². The minimum absolute atomic E-state index is 0.122. The largest absolute Gasteiger partial charge is 0.368 e. The number of piperidine rings is 1. The van der Waals surface area contributed by atoms with Crippen LogP contribution in [-0.2, 0) is 4.79 Å². The summed E-state index contributed by atoms with van der Waals surface area (Å²) in [7, 11) is 0. The topological polar surface area (TPSA) is 79.0 Å². The minimum atomic E-state index is -0.537. The molecule has 0 aliphatic carbocycles. The van der Waals surface area contributed by atoms with E-state index in [1.807, 2.05) is 0 Å². The number of hydrogen-bond donors (Lipinski definition) is 1. The van der Waals surface area contributed by atoms with Gasteiger partial charge in [0.05, 0.1) is 5.29 Å². The van der Waals surface area contributed by atoms with Gasteiger partial charge in [-0.15, -0.1) is 4.91 Å². The van der Waals surface area contributed by atoms with Crippen molar-refractivity contribution in [2.24, 2.45) is 11.0 Å². The van der Waals surface area contributed by atoms with E-state index in [1.165, 1.54) is 6.42 Å². The number of carbonyl (C=O) groups is 1. The van der Waals surface area contributed by atoms with Gasteiger partial charge >= 0.3 is 0 Å². The Balaban J connectivity index is 2.43. The molecule has 0 unspecified atom stereocenters. The average molecular weight is 186 g/mol. The van der Waals surface area contributed by atoms with Gasteiger partial charge in [0, 0.05) is 13.1 Å². The average Bonchev–Trinajstić information content (AvgIpc) is 2.15. The molecule has 2 N–H and O–H groups in total. The van der Waals surface area contributed by atoms with Gasteiger partial charge in [0.2, 0.25) is 5.91 Å². The Kier molecular flexibility index (Phi) is 3.63. The summed E-state index contributed by atoms with van der Waals surface area (Å²) in [6, 6.07) is 0. The summed E-state index contributed by atoms with van der Waals surface area (Å²) in [6.45, 7) is 1.43. The zero-order valence-corrected chi connectivity index (χ0v) is 7.48. The molecule has 0 spiro atoms. The maximum absolute atomic E-state index is 10.6. The van der Waals surface area contributed by atoms with Gasteiger partial charge in [-0.1, -0.05) is 6.42 Å². The lowest BCUT2D eigenvalue weighted by Crippen LogP contribution is -2.45. The molecule has 1 saturated heterocycles. The Morgan fingerprint density at radius 3 is 2.46 bits per heavy atom. The van der Waals surface area contributed by atoms with Crippen LogP contribution in [0.3, 0.4) is 0 Å². The Morgan fingerprint density at radius 1 is 1.38 bits per heavy atom. The predicted molar refractivity (Wildman–Crippen MR) is 47.1 cm³/mol. The molecule has 0 aromatic rings. The predicted octanol–water partition coefficient (Wildman–Crippen LogP) is -0.144. The van der Waals surface area contributed by atoms with Crippen LogP contribution >= 0.6 is 0 Å². The molecule has 74 valence electrons. The number of hydrogen-bond acceptors (Lipinski definition) is 4. The van der Waals surface area contributed by atoms with Crippen LogP contribution in [0.4, 0.5) is 0 Å². The first kappa shape index (κ1) is 9.91. The second kappa shape index (κ2) is 4.76. The maximum Gasteiger partial charge on any atom is 0.240 e. The molecule has 1 aliphatic rings. The van der Waals surface area contributed by atoms with Crippen molar-refractivity contribution in [2.75, 3.05) is 19.6 Å². The van der Waals surface area contributed by atoms with Crippen LogP contribution in [0.5, 0.6) is 0 Å². The van der Waals surface area contributed by atoms with E-state index in [2.05, 4.69) is 5.29 Å². The van der Waals surface area contributed by atoms with Crippen molar-refractivity contribution in [2.45, 2.75) is 19.3 Å². The first-order valence-corrected chi connectivity index (χ1v) is 4.38. The maximum atomic E-state index is 10.6. The molecule has 1 heterocycles. The lowest BCUT2D eigenvalue weighted by Gasteiger charge is -2.31. The molecule has 6 nitrogen and oxygen atoms in total. The summed E-state index contributed by atoms with van der Waals surface area (Å²) >= 11 is 0. The molecule has 1 aliphatic heterocycles. The van der Waals surface area contributed by atoms with Gasteiger partial charge in [-0.2, -0.15) is 5.12 Å². The van der Waals surface area contributed by atoms with Crippen molar-refractivity contribution in [1.29, 1.82) is 0 Å². The number of amides is 1. The highest BCUT2D eigenvalue weighted by Gasteiger charge is 2.18. The summed E-state index contributed by atoms with van der Waals surface area (Å²) in [5, 5.41) is 5.64. The fraction of sp³-hybridized carbons (Fsp3) is 0.857. The lowest BCUT2D eigenvalue weighted by molar-refractivity contribution is -0.126. The molecule has 0 radical (unpaired) electrons. The van der Waals surface area contributed by atoms with E-state index in [-0.39, 0.29) is 6.54 Å². The van der Waals surface area contributed by atoms with E-state index < -0.39 is 5.91 Å². The molecule has 0 aromatic heterocycles. The smallest absolute Gasteiger partial charge is 0.240 e. The minimum Gasteiger partial charge on any atom is -0.368 e. The van der Waals surface area contributed by atoms with Gasteiger partial charge in [0.1, 0.15) is 6.54 Å². The number of rotatable bonds is 4. The lowest BCUT2D eigenvalue weighted by atomic mass is 10.2. The van der Waals surface area contributed by atoms with Crippen molar-refractivity contribution in [1.82, 2.24) is 10.1 Å². The summed E-state index contributed by atoms with van der Waals surface area (Å²) in [6.07, 6.45) is 3.23. The van der Waals surface area contributed by atoms with Crippen molar-refractivity contribution in [3.63, 3.8) is 0 Å².